The number of hydrogen-bond acceptors (Lipinski definition) is 2. The van der Waals surface area contributed by atoms with E-state index in [-0.39, 0.29) is 11.9 Å². The number of carbonyl (C=O) groups is 1. The minimum atomic E-state index is -0.0121. The number of halogens is 1. The van der Waals surface area contributed by atoms with E-state index in [4.69, 9.17) is 11.6 Å². The van der Waals surface area contributed by atoms with Crippen LogP contribution in [-0.2, 0) is 0 Å². The molecule has 1 unspecified atom stereocenters. The zero-order valence-electron chi connectivity index (χ0n) is 10.6. The predicted molar refractivity (Wildman–Crippen MR) is 74.2 cm³/mol. The van der Waals surface area contributed by atoms with Gasteiger partial charge in [0.05, 0.1) is 0 Å². The third-order valence-electron chi connectivity index (χ3n) is 3.36. The van der Waals surface area contributed by atoms with E-state index in [0.29, 0.717) is 10.6 Å². The van der Waals surface area contributed by atoms with Crippen LogP contribution in [-0.4, -0.2) is 25.0 Å². The lowest BCUT2D eigenvalue weighted by Gasteiger charge is -2.16. The van der Waals surface area contributed by atoms with E-state index < -0.39 is 0 Å². The van der Waals surface area contributed by atoms with E-state index in [1.54, 1.807) is 6.07 Å². The van der Waals surface area contributed by atoms with Gasteiger partial charge >= 0.3 is 0 Å². The van der Waals surface area contributed by atoms with E-state index >= 15 is 0 Å². The van der Waals surface area contributed by atoms with E-state index in [0.717, 1.165) is 37.9 Å². The summed E-state index contributed by atoms with van der Waals surface area (Å²) < 4.78 is 0. The Hall–Kier alpha value is -1.06. The van der Waals surface area contributed by atoms with Gasteiger partial charge in [0.25, 0.3) is 5.91 Å². The van der Waals surface area contributed by atoms with Crippen LogP contribution >= 0.6 is 11.6 Å². The van der Waals surface area contributed by atoms with Crippen LogP contribution in [0.25, 0.3) is 0 Å². The molecule has 0 aromatic heterocycles. The largest absolute Gasteiger partial charge is 0.349 e. The van der Waals surface area contributed by atoms with Crippen LogP contribution < -0.4 is 10.6 Å². The Morgan fingerprint density at radius 1 is 1.39 bits per heavy atom. The number of carbonyl (C=O) groups excluding carboxylic acids is 1. The van der Waals surface area contributed by atoms with Gasteiger partial charge in [-0.25, -0.2) is 0 Å². The van der Waals surface area contributed by atoms with Gasteiger partial charge < -0.3 is 10.6 Å². The Morgan fingerprint density at radius 2 is 2.22 bits per heavy atom. The van der Waals surface area contributed by atoms with Gasteiger partial charge in [-0.15, -0.1) is 0 Å². The van der Waals surface area contributed by atoms with Gasteiger partial charge in [-0.2, -0.15) is 0 Å². The van der Waals surface area contributed by atoms with Crippen molar-refractivity contribution in [2.45, 2.75) is 32.2 Å². The normalized spacial score (nSPS) is 20.2. The number of aryl methyl sites for hydroxylation is 1. The fourth-order valence-corrected chi connectivity index (χ4v) is 2.44. The molecule has 98 valence electrons. The summed E-state index contributed by atoms with van der Waals surface area (Å²) in [6.07, 6.45) is 3.14. The van der Waals surface area contributed by atoms with Crippen molar-refractivity contribution >= 4 is 17.5 Å². The molecule has 2 N–H and O–H groups in total. The van der Waals surface area contributed by atoms with Crippen LogP contribution in [0.5, 0.6) is 0 Å². The Morgan fingerprint density at radius 3 is 3.06 bits per heavy atom. The third kappa shape index (κ3) is 3.47. The Bertz CT molecular complexity index is 426. The SMILES string of the molecule is Cc1ccc(Cl)cc1C(=O)NC1CCCNCC1. The van der Waals surface area contributed by atoms with Gasteiger partial charge in [0.1, 0.15) is 0 Å². The summed E-state index contributed by atoms with van der Waals surface area (Å²) in [5.74, 6) is -0.0121. The standard InChI is InChI=1S/C14H19ClN2O/c1-10-4-5-11(15)9-13(10)14(18)17-12-3-2-7-16-8-6-12/h4-5,9,12,16H,2-3,6-8H2,1H3,(H,17,18). The van der Waals surface area contributed by atoms with Crippen LogP contribution in [0.2, 0.25) is 5.02 Å². The molecule has 0 aliphatic carbocycles. The lowest BCUT2D eigenvalue weighted by Crippen LogP contribution is -2.35. The van der Waals surface area contributed by atoms with Crippen molar-refractivity contribution in [2.75, 3.05) is 13.1 Å². The molecule has 1 aliphatic rings. The van der Waals surface area contributed by atoms with Gasteiger partial charge in [0.15, 0.2) is 0 Å². The zero-order chi connectivity index (χ0) is 13.0. The molecule has 1 saturated heterocycles. The van der Waals surface area contributed by atoms with Crippen molar-refractivity contribution in [1.82, 2.24) is 10.6 Å². The predicted octanol–water partition coefficient (Wildman–Crippen LogP) is 2.52. The van der Waals surface area contributed by atoms with Gasteiger partial charge in [-0.3, -0.25) is 4.79 Å². The van der Waals surface area contributed by atoms with Crippen LogP contribution in [0.15, 0.2) is 18.2 Å². The molecule has 1 atom stereocenters. The number of benzene rings is 1. The molecule has 4 heteroatoms. The molecule has 18 heavy (non-hydrogen) atoms. The smallest absolute Gasteiger partial charge is 0.251 e. The van der Waals surface area contributed by atoms with Crippen molar-refractivity contribution in [3.63, 3.8) is 0 Å². The van der Waals surface area contributed by atoms with Crippen molar-refractivity contribution < 1.29 is 4.79 Å². The molecular weight excluding hydrogens is 248 g/mol. The second-order valence-electron chi connectivity index (χ2n) is 4.81. The van der Waals surface area contributed by atoms with E-state index in [1.165, 1.54) is 0 Å². The maximum Gasteiger partial charge on any atom is 0.251 e. The lowest BCUT2D eigenvalue weighted by molar-refractivity contribution is 0.0933. The molecule has 0 radical (unpaired) electrons. The van der Waals surface area contributed by atoms with Gasteiger partial charge in [-0.05, 0) is 57.0 Å². The maximum absolute atomic E-state index is 12.2. The molecular formula is C14H19ClN2O. The monoisotopic (exact) mass is 266 g/mol. The Balaban J connectivity index is 2.04. The van der Waals surface area contributed by atoms with Crippen molar-refractivity contribution in [2.24, 2.45) is 0 Å². The molecule has 1 amide bonds. The number of hydrogen-bond donors (Lipinski definition) is 2. The summed E-state index contributed by atoms with van der Waals surface area (Å²) in [4.78, 5) is 12.2. The highest BCUT2D eigenvalue weighted by atomic mass is 35.5. The summed E-state index contributed by atoms with van der Waals surface area (Å²) >= 11 is 5.94. The average molecular weight is 267 g/mol. The topological polar surface area (TPSA) is 41.1 Å². The molecule has 0 spiro atoms. The van der Waals surface area contributed by atoms with Crippen molar-refractivity contribution in [3.05, 3.63) is 34.3 Å². The van der Waals surface area contributed by atoms with Crippen molar-refractivity contribution in [3.8, 4) is 0 Å². The highest BCUT2D eigenvalue weighted by molar-refractivity contribution is 6.31. The van der Waals surface area contributed by atoms with Gasteiger partial charge in [0.2, 0.25) is 0 Å². The first-order chi connectivity index (χ1) is 8.66. The first-order valence-corrected chi connectivity index (χ1v) is 6.82. The molecule has 3 nitrogen and oxygen atoms in total. The Kier molecular flexibility index (Phi) is 4.61. The Labute approximate surface area is 113 Å². The van der Waals surface area contributed by atoms with Gasteiger partial charge in [0, 0.05) is 16.6 Å². The fourth-order valence-electron chi connectivity index (χ4n) is 2.27. The van der Waals surface area contributed by atoms with Crippen LogP contribution in [0.1, 0.15) is 35.2 Å². The molecule has 0 bridgehead atoms. The lowest BCUT2D eigenvalue weighted by atomic mass is 10.1. The number of amides is 1. The highest BCUT2D eigenvalue weighted by Gasteiger charge is 2.16. The van der Waals surface area contributed by atoms with Crippen molar-refractivity contribution in [1.29, 1.82) is 0 Å². The second-order valence-corrected chi connectivity index (χ2v) is 5.25. The summed E-state index contributed by atoms with van der Waals surface area (Å²) in [5, 5.41) is 7.05. The van der Waals surface area contributed by atoms with Crippen LogP contribution in [0.3, 0.4) is 0 Å². The number of nitrogens with one attached hydrogen (secondary N) is 2. The third-order valence-corrected chi connectivity index (χ3v) is 3.59. The van der Waals surface area contributed by atoms with Crippen LogP contribution in [0.4, 0.5) is 0 Å². The summed E-state index contributed by atoms with van der Waals surface area (Å²) in [5.41, 5.74) is 1.64. The van der Waals surface area contributed by atoms with Crippen LogP contribution in [0, 0.1) is 6.92 Å². The molecule has 0 saturated carbocycles. The molecule has 1 heterocycles. The highest BCUT2D eigenvalue weighted by Crippen LogP contribution is 2.16. The molecule has 1 fully saturated rings. The molecule has 2 rings (SSSR count). The first-order valence-electron chi connectivity index (χ1n) is 6.44. The summed E-state index contributed by atoms with van der Waals surface area (Å²) in [7, 11) is 0. The number of rotatable bonds is 2. The summed E-state index contributed by atoms with van der Waals surface area (Å²) in [6.45, 7) is 3.95. The average Bonchev–Trinajstić information content (AvgIpc) is 2.61. The summed E-state index contributed by atoms with van der Waals surface area (Å²) in [6, 6.07) is 5.70. The zero-order valence-corrected chi connectivity index (χ0v) is 11.4. The first kappa shape index (κ1) is 13.4. The minimum absolute atomic E-state index is 0.0121. The minimum Gasteiger partial charge on any atom is -0.349 e. The molecule has 1 aromatic carbocycles. The maximum atomic E-state index is 12.2. The molecule has 1 aromatic rings. The van der Waals surface area contributed by atoms with E-state index in [2.05, 4.69) is 10.6 Å². The molecule has 1 aliphatic heterocycles. The quantitative estimate of drug-likeness (QED) is 0.864. The fraction of sp³-hybridized carbons (Fsp3) is 0.500. The van der Waals surface area contributed by atoms with E-state index in [1.807, 2.05) is 19.1 Å². The van der Waals surface area contributed by atoms with Gasteiger partial charge in [-0.1, -0.05) is 17.7 Å². The second kappa shape index (κ2) is 6.21. The van der Waals surface area contributed by atoms with E-state index in [9.17, 15) is 4.79 Å².